The number of nitrogens with zero attached hydrogens (tertiary/aromatic N) is 1. The molecule has 19 heavy (non-hydrogen) atoms. The molecule has 0 saturated carbocycles. The maximum atomic E-state index is 12.4. The highest BCUT2D eigenvalue weighted by atomic mass is 16.2. The smallest absolute Gasteiger partial charge is 0.227 e. The lowest BCUT2D eigenvalue weighted by Crippen LogP contribution is -2.47. The highest BCUT2D eigenvalue weighted by Gasteiger charge is 2.22. The third-order valence-electron chi connectivity index (χ3n) is 4.03. The average Bonchev–Trinajstić information content (AvgIpc) is 2.43. The van der Waals surface area contributed by atoms with Crippen molar-refractivity contribution in [2.24, 2.45) is 0 Å². The molecule has 1 heterocycles. The zero-order valence-electron chi connectivity index (χ0n) is 12.2. The molecule has 1 aromatic carbocycles. The van der Waals surface area contributed by atoms with Crippen molar-refractivity contribution in [3.63, 3.8) is 0 Å². The Hall–Kier alpha value is -1.35. The maximum Gasteiger partial charge on any atom is 0.227 e. The Bertz CT molecular complexity index is 456. The van der Waals surface area contributed by atoms with Gasteiger partial charge < -0.3 is 10.2 Å². The second-order valence-electron chi connectivity index (χ2n) is 5.57. The molecular formula is C16H24N2O. The van der Waals surface area contributed by atoms with Gasteiger partial charge in [-0.15, -0.1) is 0 Å². The van der Waals surface area contributed by atoms with E-state index in [1.807, 2.05) is 11.9 Å². The predicted octanol–water partition coefficient (Wildman–Crippen LogP) is 2.06. The Labute approximate surface area is 116 Å². The van der Waals surface area contributed by atoms with Crippen LogP contribution in [0.25, 0.3) is 0 Å². The first-order chi connectivity index (χ1) is 9.10. The quantitative estimate of drug-likeness (QED) is 0.902. The Morgan fingerprint density at radius 3 is 2.95 bits per heavy atom. The molecule has 1 unspecified atom stereocenters. The fourth-order valence-corrected chi connectivity index (χ4v) is 2.70. The van der Waals surface area contributed by atoms with Gasteiger partial charge in [0.15, 0.2) is 0 Å². The van der Waals surface area contributed by atoms with Gasteiger partial charge in [0.1, 0.15) is 0 Å². The van der Waals surface area contributed by atoms with Crippen LogP contribution in [0.3, 0.4) is 0 Å². The number of amides is 1. The van der Waals surface area contributed by atoms with E-state index in [2.05, 4.69) is 37.4 Å². The number of hydrogen-bond acceptors (Lipinski definition) is 2. The van der Waals surface area contributed by atoms with E-state index in [9.17, 15) is 4.79 Å². The van der Waals surface area contributed by atoms with Crippen molar-refractivity contribution in [2.75, 3.05) is 20.1 Å². The molecule has 1 amide bonds. The van der Waals surface area contributed by atoms with E-state index in [4.69, 9.17) is 0 Å². The van der Waals surface area contributed by atoms with Crippen LogP contribution in [0.15, 0.2) is 18.2 Å². The average molecular weight is 260 g/mol. The van der Waals surface area contributed by atoms with Crippen molar-refractivity contribution in [1.29, 1.82) is 0 Å². The van der Waals surface area contributed by atoms with Gasteiger partial charge in [-0.3, -0.25) is 4.79 Å². The van der Waals surface area contributed by atoms with Crippen LogP contribution in [0.4, 0.5) is 0 Å². The number of rotatable bonds is 3. The monoisotopic (exact) mass is 260 g/mol. The standard InChI is InChI=1S/C16H24N2O/c1-12-6-7-13(2)14(9-12)10-16(19)18-8-4-5-15(11-18)17-3/h6-7,9,15,17H,4-5,8,10-11H2,1-3H3. The van der Waals surface area contributed by atoms with E-state index >= 15 is 0 Å². The van der Waals surface area contributed by atoms with E-state index in [0.717, 1.165) is 25.1 Å². The molecule has 104 valence electrons. The molecule has 1 aliphatic heterocycles. The predicted molar refractivity (Wildman–Crippen MR) is 78.3 cm³/mol. The van der Waals surface area contributed by atoms with Gasteiger partial charge >= 0.3 is 0 Å². The Morgan fingerprint density at radius 2 is 2.21 bits per heavy atom. The molecule has 2 rings (SSSR count). The summed E-state index contributed by atoms with van der Waals surface area (Å²) in [6.07, 6.45) is 2.80. The topological polar surface area (TPSA) is 32.3 Å². The van der Waals surface area contributed by atoms with E-state index in [0.29, 0.717) is 12.5 Å². The van der Waals surface area contributed by atoms with Crippen molar-refractivity contribution >= 4 is 5.91 Å². The summed E-state index contributed by atoms with van der Waals surface area (Å²) in [5.41, 5.74) is 3.60. The van der Waals surface area contributed by atoms with E-state index in [1.165, 1.54) is 17.5 Å². The molecule has 1 N–H and O–H groups in total. The highest BCUT2D eigenvalue weighted by molar-refractivity contribution is 5.79. The fraction of sp³-hybridized carbons (Fsp3) is 0.562. The molecule has 0 radical (unpaired) electrons. The maximum absolute atomic E-state index is 12.4. The number of aryl methyl sites for hydroxylation is 2. The summed E-state index contributed by atoms with van der Waals surface area (Å²) in [4.78, 5) is 14.4. The van der Waals surface area contributed by atoms with Crippen molar-refractivity contribution in [3.05, 3.63) is 34.9 Å². The van der Waals surface area contributed by atoms with Crippen molar-refractivity contribution < 1.29 is 4.79 Å². The first kappa shape index (κ1) is 14.1. The van der Waals surface area contributed by atoms with E-state index in [1.54, 1.807) is 0 Å². The fourth-order valence-electron chi connectivity index (χ4n) is 2.70. The molecule has 1 aliphatic rings. The van der Waals surface area contributed by atoms with Gasteiger partial charge in [-0.25, -0.2) is 0 Å². The highest BCUT2D eigenvalue weighted by Crippen LogP contribution is 2.15. The minimum Gasteiger partial charge on any atom is -0.341 e. The van der Waals surface area contributed by atoms with Crippen LogP contribution in [0.5, 0.6) is 0 Å². The van der Waals surface area contributed by atoms with Crippen LogP contribution in [-0.2, 0) is 11.2 Å². The lowest BCUT2D eigenvalue weighted by molar-refractivity contribution is -0.131. The lowest BCUT2D eigenvalue weighted by atomic mass is 10.0. The van der Waals surface area contributed by atoms with Gasteiger partial charge in [0.05, 0.1) is 6.42 Å². The SMILES string of the molecule is CNC1CCCN(C(=O)Cc2cc(C)ccc2C)C1. The molecular weight excluding hydrogens is 236 g/mol. The van der Waals surface area contributed by atoms with Gasteiger partial charge in [-0.1, -0.05) is 23.8 Å². The summed E-state index contributed by atoms with van der Waals surface area (Å²) < 4.78 is 0. The van der Waals surface area contributed by atoms with Crippen LogP contribution in [0.2, 0.25) is 0 Å². The summed E-state index contributed by atoms with van der Waals surface area (Å²) in [6, 6.07) is 6.79. The number of likely N-dealkylation sites (N-methyl/N-ethyl adjacent to an activating group) is 1. The molecule has 1 fully saturated rings. The van der Waals surface area contributed by atoms with Gasteiger partial charge in [-0.2, -0.15) is 0 Å². The number of benzene rings is 1. The zero-order valence-corrected chi connectivity index (χ0v) is 12.2. The van der Waals surface area contributed by atoms with Gasteiger partial charge in [-0.05, 0) is 44.9 Å². The number of nitrogens with one attached hydrogen (secondary N) is 1. The summed E-state index contributed by atoms with van der Waals surface area (Å²) in [6.45, 7) is 5.90. The van der Waals surface area contributed by atoms with Crippen molar-refractivity contribution in [3.8, 4) is 0 Å². The normalized spacial score (nSPS) is 19.5. The minimum absolute atomic E-state index is 0.258. The van der Waals surface area contributed by atoms with Crippen LogP contribution in [-0.4, -0.2) is 37.0 Å². The van der Waals surface area contributed by atoms with Crippen LogP contribution in [0, 0.1) is 13.8 Å². The first-order valence-corrected chi connectivity index (χ1v) is 7.11. The van der Waals surface area contributed by atoms with Crippen LogP contribution < -0.4 is 5.32 Å². The Kier molecular flexibility index (Phi) is 4.59. The Morgan fingerprint density at radius 1 is 1.42 bits per heavy atom. The van der Waals surface area contributed by atoms with Crippen molar-refractivity contribution in [1.82, 2.24) is 10.2 Å². The number of carbonyl (C=O) groups excluding carboxylic acids is 1. The number of carbonyl (C=O) groups is 1. The summed E-state index contributed by atoms with van der Waals surface area (Å²) in [7, 11) is 1.98. The molecule has 0 aliphatic carbocycles. The summed E-state index contributed by atoms with van der Waals surface area (Å²) in [5.74, 6) is 0.258. The third-order valence-corrected chi connectivity index (χ3v) is 4.03. The number of hydrogen-bond donors (Lipinski definition) is 1. The number of piperidine rings is 1. The van der Waals surface area contributed by atoms with Crippen LogP contribution in [0.1, 0.15) is 29.5 Å². The molecule has 1 atom stereocenters. The van der Waals surface area contributed by atoms with Crippen molar-refractivity contribution in [2.45, 2.75) is 39.2 Å². The molecule has 0 aromatic heterocycles. The van der Waals surface area contributed by atoms with E-state index in [-0.39, 0.29) is 5.91 Å². The van der Waals surface area contributed by atoms with Gasteiger partial charge in [0.25, 0.3) is 0 Å². The largest absolute Gasteiger partial charge is 0.341 e. The molecule has 0 spiro atoms. The second kappa shape index (κ2) is 6.20. The minimum atomic E-state index is 0.258. The zero-order chi connectivity index (χ0) is 13.8. The lowest BCUT2D eigenvalue weighted by Gasteiger charge is -2.32. The van der Waals surface area contributed by atoms with Gasteiger partial charge in [0, 0.05) is 19.1 Å². The van der Waals surface area contributed by atoms with Crippen LogP contribution >= 0.6 is 0 Å². The molecule has 0 bridgehead atoms. The molecule has 1 aromatic rings. The number of likely N-dealkylation sites (tertiary alicyclic amines) is 1. The first-order valence-electron chi connectivity index (χ1n) is 7.11. The Balaban J connectivity index is 2.02. The molecule has 3 heteroatoms. The van der Waals surface area contributed by atoms with E-state index < -0.39 is 0 Å². The molecule has 1 saturated heterocycles. The summed E-state index contributed by atoms with van der Waals surface area (Å²) in [5, 5.41) is 3.28. The van der Waals surface area contributed by atoms with Gasteiger partial charge in [0.2, 0.25) is 5.91 Å². The molecule has 3 nitrogen and oxygen atoms in total. The second-order valence-corrected chi connectivity index (χ2v) is 5.57. The summed E-state index contributed by atoms with van der Waals surface area (Å²) >= 11 is 0. The third kappa shape index (κ3) is 3.57.